The summed E-state index contributed by atoms with van der Waals surface area (Å²) in [6.07, 6.45) is 1.44. The largest absolute Gasteiger partial charge is 0.481 e. The third-order valence-electron chi connectivity index (χ3n) is 5.47. The average Bonchev–Trinajstić information content (AvgIpc) is 3.04. The van der Waals surface area contributed by atoms with Gasteiger partial charge in [-0.15, -0.1) is 0 Å². The van der Waals surface area contributed by atoms with Crippen LogP contribution in [-0.2, 0) is 19.4 Å². The molecule has 10 heteroatoms. The van der Waals surface area contributed by atoms with E-state index in [0.717, 1.165) is 27.3 Å². The maximum atomic E-state index is 12.9. The van der Waals surface area contributed by atoms with Crippen molar-refractivity contribution in [2.24, 2.45) is 5.92 Å². The molecule has 1 aliphatic heterocycles. The molecule has 1 unspecified atom stereocenters. The van der Waals surface area contributed by atoms with E-state index in [1.54, 1.807) is 24.3 Å². The second kappa shape index (κ2) is 10.4. The summed E-state index contributed by atoms with van der Waals surface area (Å²) < 4.78 is 25.8. The monoisotopic (exact) mass is 492 g/mol. The highest BCUT2D eigenvalue weighted by molar-refractivity contribution is 7.91. The molecule has 0 aromatic heterocycles. The molecule has 2 aromatic carbocycles. The summed E-state index contributed by atoms with van der Waals surface area (Å²) in [6.45, 7) is 1.59. The van der Waals surface area contributed by atoms with Crippen LogP contribution < -0.4 is 0 Å². The Morgan fingerprint density at radius 1 is 1.06 bits per heavy atom. The molecular formula is C23H25ClN2O6S. The molecule has 3 rings (SSSR count). The fraction of sp³-hybridized carbons (Fsp3) is 0.348. The van der Waals surface area contributed by atoms with Crippen molar-refractivity contribution in [2.75, 3.05) is 25.4 Å². The first-order chi connectivity index (χ1) is 15.6. The molecule has 0 bridgehead atoms. The first-order valence-corrected chi connectivity index (χ1v) is 12.6. The van der Waals surface area contributed by atoms with Crippen molar-refractivity contribution < 1.29 is 27.9 Å². The van der Waals surface area contributed by atoms with Crippen molar-refractivity contribution in [2.45, 2.75) is 24.7 Å². The van der Waals surface area contributed by atoms with E-state index in [-0.39, 0.29) is 24.5 Å². The van der Waals surface area contributed by atoms with Gasteiger partial charge in [0.15, 0.2) is 9.84 Å². The number of nitrogens with zero attached hydrogens (tertiary/aromatic N) is 2. The number of imide groups is 1. The number of urea groups is 1. The van der Waals surface area contributed by atoms with E-state index in [1.165, 1.54) is 12.1 Å². The first-order valence-electron chi connectivity index (χ1n) is 10.5. The maximum Gasteiger partial charge on any atom is 0.327 e. The Balaban J connectivity index is 1.72. The van der Waals surface area contributed by atoms with Crippen LogP contribution in [-0.4, -0.2) is 66.6 Å². The number of amides is 3. The summed E-state index contributed by atoms with van der Waals surface area (Å²) in [5, 5.41) is 10.2. The normalized spacial score (nSPS) is 15.2. The van der Waals surface area contributed by atoms with Gasteiger partial charge in [-0.1, -0.05) is 49.2 Å². The molecule has 1 heterocycles. The van der Waals surface area contributed by atoms with Crippen LogP contribution in [0.15, 0.2) is 53.4 Å². The molecule has 0 radical (unpaired) electrons. The van der Waals surface area contributed by atoms with E-state index in [0.29, 0.717) is 11.4 Å². The summed E-state index contributed by atoms with van der Waals surface area (Å²) in [5.74, 6) is -3.80. The lowest BCUT2D eigenvalue weighted by molar-refractivity contribution is -0.141. The summed E-state index contributed by atoms with van der Waals surface area (Å²) in [6, 6.07) is 12.6. The van der Waals surface area contributed by atoms with Gasteiger partial charge < -0.3 is 10.0 Å². The number of unbranched alkanes of at least 4 members (excludes halogenated alkanes) is 1. The molecule has 33 heavy (non-hydrogen) atoms. The minimum absolute atomic E-state index is 0.0140. The Hall–Kier alpha value is -2.91. The summed E-state index contributed by atoms with van der Waals surface area (Å²) in [5.41, 5.74) is 1.64. The number of carboxylic acids is 1. The van der Waals surface area contributed by atoms with Gasteiger partial charge in [0.25, 0.3) is 0 Å². The van der Waals surface area contributed by atoms with Crippen molar-refractivity contribution >= 4 is 39.3 Å². The number of halogens is 1. The third-order valence-corrected chi connectivity index (χ3v) is 7.55. The molecule has 0 spiro atoms. The highest BCUT2D eigenvalue weighted by Gasteiger charge is 2.39. The molecule has 1 fully saturated rings. The van der Waals surface area contributed by atoms with Crippen LogP contribution in [0.25, 0.3) is 11.1 Å². The molecule has 0 saturated carbocycles. The zero-order chi connectivity index (χ0) is 24.2. The van der Waals surface area contributed by atoms with Gasteiger partial charge in [0.2, 0.25) is 5.91 Å². The molecular weight excluding hydrogens is 468 g/mol. The topological polar surface area (TPSA) is 112 Å². The zero-order valence-corrected chi connectivity index (χ0v) is 19.7. The minimum Gasteiger partial charge on any atom is -0.481 e. The fourth-order valence-electron chi connectivity index (χ4n) is 3.60. The van der Waals surface area contributed by atoms with Crippen LogP contribution in [0.4, 0.5) is 4.79 Å². The fourth-order valence-corrected chi connectivity index (χ4v) is 5.25. The predicted molar refractivity (Wildman–Crippen MR) is 124 cm³/mol. The highest BCUT2D eigenvalue weighted by Crippen LogP contribution is 2.24. The molecule has 176 valence electrons. The highest BCUT2D eigenvalue weighted by atomic mass is 35.5. The molecule has 3 amide bonds. The standard InChI is InChI=1S/C23H25ClN2O6S/c1-2-3-12-26-21(27)14-25(23(26)30)13-18(22(28)29)15-33(31,32)20-10-6-17(7-11-20)16-4-8-19(24)9-5-16/h4-11,18H,2-3,12-15H2,1H3,(H,28,29). The van der Waals surface area contributed by atoms with Gasteiger partial charge in [0, 0.05) is 18.1 Å². The van der Waals surface area contributed by atoms with Gasteiger partial charge in [-0.05, 0) is 41.8 Å². The smallest absolute Gasteiger partial charge is 0.327 e. The number of carboxylic acid groups (broad SMARTS) is 1. The van der Waals surface area contributed by atoms with Crippen LogP contribution in [0.1, 0.15) is 19.8 Å². The van der Waals surface area contributed by atoms with E-state index in [4.69, 9.17) is 11.6 Å². The summed E-state index contributed by atoms with van der Waals surface area (Å²) in [7, 11) is -3.95. The van der Waals surface area contributed by atoms with E-state index in [1.807, 2.05) is 19.1 Å². The Labute approximate surface area is 197 Å². The molecule has 8 nitrogen and oxygen atoms in total. The molecule has 1 saturated heterocycles. The number of sulfone groups is 1. The third kappa shape index (κ3) is 5.91. The molecule has 2 aromatic rings. The average molecular weight is 493 g/mol. The number of aliphatic carboxylic acids is 1. The van der Waals surface area contributed by atoms with E-state index in [9.17, 15) is 27.9 Å². The van der Waals surface area contributed by atoms with Gasteiger partial charge in [0.05, 0.1) is 16.6 Å². The van der Waals surface area contributed by atoms with Gasteiger partial charge in [-0.2, -0.15) is 0 Å². The Bertz CT molecular complexity index is 1130. The number of hydrogen-bond acceptors (Lipinski definition) is 5. The second-order valence-corrected chi connectivity index (χ2v) is 10.4. The lowest BCUT2D eigenvalue weighted by Gasteiger charge is -2.21. The van der Waals surface area contributed by atoms with Crippen LogP contribution in [0, 0.1) is 5.92 Å². The van der Waals surface area contributed by atoms with E-state index < -0.39 is 39.4 Å². The van der Waals surface area contributed by atoms with Crippen molar-refractivity contribution in [3.8, 4) is 11.1 Å². The zero-order valence-electron chi connectivity index (χ0n) is 18.1. The number of benzene rings is 2. The SMILES string of the molecule is CCCCN1C(=O)CN(CC(CS(=O)(=O)c2ccc(-c3ccc(Cl)cc3)cc2)C(=O)O)C1=O. The summed E-state index contributed by atoms with van der Waals surface area (Å²) >= 11 is 5.89. The summed E-state index contributed by atoms with van der Waals surface area (Å²) in [4.78, 5) is 38.6. The van der Waals surface area contributed by atoms with Gasteiger partial charge in [0.1, 0.15) is 6.54 Å². The van der Waals surface area contributed by atoms with Gasteiger partial charge in [-0.3, -0.25) is 14.5 Å². The number of carbonyl (C=O) groups is 3. The van der Waals surface area contributed by atoms with Crippen LogP contribution in [0.5, 0.6) is 0 Å². The lowest BCUT2D eigenvalue weighted by Crippen LogP contribution is -2.40. The Morgan fingerprint density at radius 3 is 2.18 bits per heavy atom. The second-order valence-electron chi connectivity index (χ2n) is 7.91. The van der Waals surface area contributed by atoms with Crippen molar-refractivity contribution in [3.05, 3.63) is 53.6 Å². The first kappa shape index (κ1) is 24.7. The number of rotatable bonds is 10. The van der Waals surface area contributed by atoms with Gasteiger partial charge >= 0.3 is 12.0 Å². The number of carbonyl (C=O) groups excluding carboxylic acids is 2. The predicted octanol–water partition coefficient (Wildman–Crippen LogP) is 3.55. The van der Waals surface area contributed by atoms with Crippen LogP contribution >= 0.6 is 11.6 Å². The Morgan fingerprint density at radius 2 is 1.64 bits per heavy atom. The van der Waals surface area contributed by atoms with Crippen molar-refractivity contribution in [1.29, 1.82) is 0 Å². The van der Waals surface area contributed by atoms with E-state index >= 15 is 0 Å². The Kier molecular flexibility index (Phi) is 7.76. The lowest BCUT2D eigenvalue weighted by atomic mass is 10.1. The molecule has 1 atom stereocenters. The van der Waals surface area contributed by atoms with E-state index in [2.05, 4.69) is 0 Å². The number of hydrogen-bond donors (Lipinski definition) is 1. The maximum absolute atomic E-state index is 12.9. The van der Waals surface area contributed by atoms with Gasteiger partial charge in [-0.25, -0.2) is 13.2 Å². The molecule has 0 aliphatic carbocycles. The van der Waals surface area contributed by atoms with Crippen LogP contribution in [0.2, 0.25) is 5.02 Å². The quantitative estimate of drug-likeness (QED) is 0.507. The van der Waals surface area contributed by atoms with Crippen molar-refractivity contribution in [3.63, 3.8) is 0 Å². The minimum atomic E-state index is -3.95. The van der Waals surface area contributed by atoms with Crippen molar-refractivity contribution in [1.82, 2.24) is 9.80 Å². The molecule has 1 N–H and O–H groups in total. The molecule has 1 aliphatic rings. The van der Waals surface area contributed by atoms with Crippen LogP contribution in [0.3, 0.4) is 0 Å².